The fraction of sp³-hybridized carbons (Fsp3) is 0.600. The number of nitrogen functional groups attached to an aromatic ring is 1. The van der Waals surface area contributed by atoms with E-state index in [2.05, 4.69) is 18.8 Å². The van der Waals surface area contributed by atoms with Crippen LogP contribution in [0.2, 0.25) is 0 Å². The van der Waals surface area contributed by atoms with E-state index < -0.39 is 0 Å². The minimum absolute atomic E-state index is 0.0783. The average Bonchev–Trinajstić information content (AvgIpc) is 2.47. The van der Waals surface area contributed by atoms with Gasteiger partial charge in [0.1, 0.15) is 5.84 Å². The van der Waals surface area contributed by atoms with E-state index in [1.165, 1.54) is 11.3 Å². The van der Waals surface area contributed by atoms with Crippen LogP contribution in [0.3, 0.4) is 0 Å². The molecule has 84 valence electrons. The zero-order chi connectivity index (χ0) is 11.4. The van der Waals surface area contributed by atoms with Crippen LogP contribution in [0.4, 0.5) is 0 Å². The van der Waals surface area contributed by atoms with Gasteiger partial charge in [0, 0.05) is 13.5 Å². The van der Waals surface area contributed by atoms with Gasteiger partial charge in [-0.2, -0.15) is 0 Å². The zero-order valence-corrected chi connectivity index (χ0v) is 10.1. The molecule has 0 spiro atoms. The van der Waals surface area contributed by atoms with Crippen molar-refractivity contribution >= 4 is 17.2 Å². The maximum atomic E-state index is 7.44. The van der Waals surface area contributed by atoms with E-state index in [1.54, 1.807) is 7.11 Å². The first kappa shape index (κ1) is 12.1. The monoisotopic (exact) mass is 227 g/mol. The van der Waals surface area contributed by atoms with E-state index in [0.717, 1.165) is 22.0 Å². The Morgan fingerprint density at radius 2 is 2.27 bits per heavy atom. The fourth-order valence-corrected chi connectivity index (χ4v) is 2.42. The first-order valence-electron chi connectivity index (χ1n) is 4.86. The molecule has 0 fully saturated rings. The molecule has 0 saturated heterocycles. The molecule has 3 N–H and O–H groups in total. The SMILES string of the molecule is COCc1nc(CC(C)C)sc1C(=N)N. The van der Waals surface area contributed by atoms with Gasteiger partial charge in [0.2, 0.25) is 0 Å². The van der Waals surface area contributed by atoms with Crippen molar-refractivity contribution in [1.29, 1.82) is 5.41 Å². The van der Waals surface area contributed by atoms with Gasteiger partial charge in [-0.25, -0.2) is 4.98 Å². The second-order valence-electron chi connectivity index (χ2n) is 3.83. The molecule has 0 saturated carbocycles. The van der Waals surface area contributed by atoms with Crippen molar-refractivity contribution < 1.29 is 4.74 Å². The molecule has 0 aliphatic carbocycles. The smallest absolute Gasteiger partial charge is 0.135 e. The minimum atomic E-state index is 0.0783. The number of ether oxygens (including phenoxy) is 1. The zero-order valence-electron chi connectivity index (χ0n) is 9.33. The molecule has 0 amide bonds. The van der Waals surface area contributed by atoms with Gasteiger partial charge in [0.25, 0.3) is 0 Å². The van der Waals surface area contributed by atoms with Crippen LogP contribution in [-0.4, -0.2) is 17.9 Å². The number of nitrogens with two attached hydrogens (primary N) is 1. The van der Waals surface area contributed by atoms with Gasteiger partial charge in [0.05, 0.1) is 22.2 Å². The summed E-state index contributed by atoms with van der Waals surface area (Å²) in [6, 6.07) is 0. The van der Waals surface area contributed by atoms with Crippen molar-refractivity contribution in [3.8, 4) is 0 Å². The van der Waals surface area contributed by atoms with E-state index in [0.29, 0.717) is 12.5 Å². The van der Waals surface area contributed by atoms with Crippen LogP contribution in [0.1, 0.15) is 29.4 Å². The highest BCUT2D eigenvalue weighted by molar-refractivity contribution is 7.13. The lowest BCUT2D eigenvalue weighted by Gasteiger charge is -1.98. The number of aromatic nitrogens is 1. The van der Waals surface area contributed by atoms with Crippen molar-refractivity contribution in [2.45, 2.75) is 26.9 Å². The molecule has 0 aromatic carbocycles. The summed E-state index contributed by atoms with van der Waals surface area (Å²) in [6.07, 6.45) is 0.925. The second-order valence-corrected chi connectivity index (χ2v) is 4.91. The lowest BCUT2D eigenvalue weighted by Crippen LogP contribution is -2.11. The van der Waals surface area contributed by atoms with Crippen LogP contribution < -0.4 is 5.73 Å². The summed E-state index contributed by atoms with van der Waals surface area (Å²) in [5, 5.41) is 8.47. The highest BCUT2D eigenvalue weighted by Gasteiger charge is 2.13. The van der Waals surface area contributed by atoms with Crippen molar-refractivity contribution in [2.24, 2.45) is 11.7 Å². The van der Waals surface area contributed by atoms with Gasteiger partial charge in [-0.1, -0.05) is 13.8 Å². The molecule has 5 heteroatoms. The summed E-state index contributed by atoms with van der Waals surface area (Å²) in [7, 11) is 1.62. The first-order chi connectivity index (χ1) is 7.04. The standard InChI is InChI=1S/C10H17N3OS/c1-6(2)4-8-13-7(5-14-3)9(15-8)10(11)12/h6H,4-5H2,1-3H3,(H3,11,12). The lowest BCUT2D eigenvalue weighted by atomic mass is 10.1. The molecule has 0 unspecified atom stereocenters. The Bertz CT molecular complexity index is 346. The van der Waals surface area contributed by atoms with E-state index in [1.807, 2.05) is 0 Å². The molecule has 15 heavy (non-hydrogen) atoms. The Labute approximate surface area is 94.0 Å². The number of hydrogen-bond acceptors (Lipinski definition) is 4. The number of nitrogens with zero attached hydrogens (tertiary/aromatic N) is 1. The van der Waals surface area contributed by atoms with Crippen molar-refractivity contribution in [3.63, 3.8) is 0 Å². The number of hydrogen-bond donors (Lipinski definition) is 2. The molecule has 0 aliphatic rings. The number of rotatable bonds is 5. The second kappa shape index (κ2) is 5.23. The van der Waals surface area contributed by atoms with Gasteiger partial charge < -0.3 is 10.5 Å². The number of methoxy groups -OCH3 is 1. The Balaban J connectivity index is 2.93. The summed E-state index contributed by atoms with van der Waals surface area (Å²) >= 11 is 1.50. The third kappa shape index (κ3) is 3.28. The maximum Gasteiger partial charge on any atom is 0.135 e. The van der Waals surface area contributed by atoms with Crippen molar-refractivity contribution in [1.82, 2.24) is 4.98 Å². The Kier molecular flexibility index (Phi) is 4.23. The molecule has 1 aromatic rings. The molecule has 1 aromatic heterocycles. The van der Waals surface area contributed by atoms with Gasteiger partial charge in [-0.15, -0.1) is 11.3 Å². The quantitative estimate of drug-likeness (QED) is 0.595. The summed E-state index contributed by atoms with van der Waals surface area (Å²) in [4.78, 5) is 5.18. The molecule has 1 rings (SSSR count). The topological polar surface area (TPSA) is 72.0 Å². The van der Waals surface area contributed by atoms with Gasteiger partial charge in [-0.3, -0.25) is 5.41 Å². The highest BCUT2D eigenvalue weighted by atomic mass is 32.1. The molecular weight excluding hydrogens is 210 g/mol. The molecule has 0 atom stereocenters. The van der Waals surface area contributed by atoms with Crippen LogP contribution in [0, 0.1) is 11.3 Å². The molecule has 4 nitrogen and oxygen atoms in total. The molecule has 1 heterocycles. The van der Waals surface area contributed by atoms with Crippen LogP contribution in [0.15, 0.2) is 0 Å². The Morgan fingerprint density at radius 3 is 2.73 bits per heavy atom. The van der Waals surface area contributed by atoms with E-state index in [9.17, 15) is 0 Å². The summed E-state index contributed by atoms with van der Waals surface area (Å²) in [5.41, 5.74) is 6.27. The normalized spacial score (nSPS) is 10.9. The van der Waals surface area contributed by atoms with E-state index >= 15 is 0 Å². The first-order valence-corrected chi connectivity index (χ1v) is 5.68. The summed E-state index contributed by atoms with van der Waals surface area (Å²) in [6.45, 7) is 4.71. The Morgan fingerprint density at radius 1 is 1.60 bits per heavy atom. The van der Waals surface area contributed by atoms with Crippen LogP contribution in [0.5, 0.6) is 0 Å². The predicted octanol–water partition coefficient (Wildman–Crippen LogP) is 1.77. The Hall–Kier alpha value is -0.940. The molecule has 0 bridgehead atoms. The minimum Gasteiger partial charge on any atom is -0.383 e. The maximum absolute atomic E-state index is 7.44. The van der Waals surface area contributed by atoms with Crippen LogP contribution in [0.25, 0.3) is 0 Å². The number of amidine groups is 1. The highest BCUT2D eigenvalue weighted by Crippen LogP contribution is 2.21. The lowest BCUT2D eigenvalue weighted by molar-refractivity contribution is 0.181. The summed E-state index contributed by atoms with van der Waals surface area (Å²) < 4.78 is 5.03. The van der Waals surface area contributed by atoms with E-state index in [-0.39, 0.29) is 5.84 Å². The van der Waals surface area contributed by atoms with Gasteiger partial charge in [0.15, 0.2) is 0 Å². The molecule has 0 aliphatic heterocycles. The number of nitrogens with one attached hydrogen (secondary N) is 1. The van der Waals surface area contributed by atoms with E-state index in [4.69, 9.17) is 15.9 Å². The predicted molar refractivity (Wildman–Crippen MR) is 62.4 cm³/mol. The van der Waals surface area contributed by atoms with Crippen LogP contribution in [-0.2, 0) is 17.8 Å². The van der Waals surface area contributed by atoms with Gasteiger partial charge >= 0.3 is 0 Å². The molecule has 0 radical (unpaired) electrons. The van der Waals surface area contributed by atoms with Crippen LogP contribution >= 0.6 is 11.3 Å². The third-order valence-electron chi connectivity index (χ3n) is 1.85. The molecular formula is C10H17N3OS. The largest absolute Gasteiger partial charge is 0.383 e. The number of thiazole rings is 1. The average molecular weight is 227 g/mol. The van der Waals surface area contributed by atoms with Crippen molar-refractivity contribution in [3.05, 3.63) is 15.6 Å². The third-order valence-corrected chi connectivity index (χ3v) is 3.00. The van der Waals surface area contributed by atoms with Gasteiger partial charge in [-0.05, 0) is 5.92 Å². The fourth-order valence-electron chi connectivity index (χ4n) is 1.28. The van der Waals surface area contributed by atoms with Crippen molar-refractivity contribution in [2.75, 3.05) is 7.11 Å². The summed E-state index contributed by atoms with van der Waals surface area (Å²) in [5.74, 6) is 0.640.